The van der Waals surface area contributed by atoms with Crippen LogP contribution in [0.2, 0.25) is 10.0 Å². The number of nitrogens with two attached hydrogens (primary N) is 2. The summed E-state index contributed by atoms with van der Waals surface area (Å²) in [6.45, 7) is 0.221. The minimum Gasteiger partial charge on any atom is -0.478 e. The maximum atomic E-state index is 12.0. The highest BCUT2D eigenvalue weighted by Gasteiger charge is 2.43. The van der Waals surface area contributed by atoms with E-state index in [4.69, 9.17) is 43.0 Å². The third-order valence-corrected chi connectivity index (χ3v) is 8.92. The minimum absolute atomic E-state index is 0.0625. The molecule has 1 aliphatic heterocycles. The molecular weight excluding hydrogens is 647 g/mol. The van der Waals surface area contributed by atoms with E-state index in [2.05, 4.69) is 10.6 Å². The van der Waals surface area contributed by atoms with Crippen LogP contribution in [0.1, 0.15) is 37.6 Å². The lowest BCUT2D eigenvalue weighted by atomic mass is 9.94. The number of fused-ring (bicyclic) bond motifs is 1. The Bertz CT molecular complexity index is 1950. The van der Waals surface area contributed by atoms with E-state index >= 15 is 0 Å². The Morgan fingerprint density at radius 3 is 2.19 bits per heavy atom. The number of sulfonamides is 2. The number of anilines is 1. The molecule has 8 N–H and O–H groups in total. The third-order valence-electron chi connectivity index (χ3n) is 6.15. The van der Waals surface area contributed by atoms with Crippen molar-refractivity contribution >= 4 is 60.8 Å². The number of carboxylic acids is 1. The van der Waals surface area contributed by atoms with Gasteiger partial charge in [-0.15, -0.1) is 0 Å². The Kier molecular flexibility index (Phi) is 8.90. The topological polar surface area (TPSA) is 232 Å². The van der Waals surface area contributed by atoms with E-state index in [9.17, 15) is 31.5 Å². The number of primary sulfonamides is 2. The number of aromatic carboxylic acids is 1. The smallest absolute Gasteiger partial charge is 0.337 e. The summed E-state index contributed by atoms with van der Waals surface area (Å²) in [6, 6.07) is 15.9. The lowest BCUT2D eigenvalue weighted by molar-refractivity contribution is 0.0474. The van der Waals surface area contributed by atoms with Crippen LogP contribution in [0.5, 0.6) is 0 Å². The lowest BCUT2D eigenvalue weighted by Crippen LogP contribution is -2.40. The summed E-state index contributed by atoms with van der Waals surface area (Å²) in [7, 11) is -8.16. The Balaban J connectivity index is 0.000000197. The molecule has 0 fully saturated rings. The quantitative estimate of drug-likeness (QED) is 0.168. The number of halogens is 2. The van der Waals surface area contributed by atoms with E-state index < -0.39 is 42.5 Å². The van der Waals surface area contributed by atoms with Gasteiger partial charge < -0.3 is 25.3 Å². The van der Waals surface area contributed by atoms with Crippen molar-refractivity contribution in [3.05, 3.63) is 111 Å². The molecule has 2 heterocycles. The second-order valence-electron chi connectivity index (χ2n) is 9.01. The maximum Gasteiger partial charge on any atom is 0.337 e. The van der Waals surface area contributed by atoms with Gasteiger partial charge in [-0.1, -0.05) is 47.5 Å². The minimum atomic E-state index is -4.11. The fourth-order valence-corrected chi connectivity index (χ4v) is 6.33. The van der Waals surface area contributed by atoms with Gasteiger partial charge in [0.25, 0.3) is 5.91 Å². The molecule has 0 spiro atoms. The number of carbonyl (C=O) groups is 2. The van der Waals surface area contributed by atoms with Crippen LogP contribution >= 0.6 is 23.2 Å². The molecule has 0 aliphatic carbocycles. The van der Waals surface area contributed by atoms with Crippen molar-refractivity contribution in [2.45, 2.75) is 22.1 Å². The van der Waals surface area contributed by atoms with Gasteiger partial charge in [0.1, 0.15) is 15.6 Å². The molecule has 1 atom stereocenters. The van der Waals surface area contributed by atoms with Crippen molar-refractivity contribution < 1.29 is 41.1 Å². The van der Waals surface area contributed by atoms with Gasteiger partial charge in [0.05, 0.1) is 34.1 Å². The number of furan rings is 1. The zero-order chi connectivity index (χ0) is 31.7. The van der Waals surface area contributed by atoms with Crippen molar-refractivity contribution in [3.63, 3.8) is 0 Å². The zero-order valence-corrected chi connectivity index (χ0v) is 24.8. The Morgan fingerprint density at radius 1 is 0.930 bits per heavy atom. The molecule has 226 valence electrons. The standard InChI is InChI=1S/C14H11ClN2O4S.C12H11ClN2O5S/c15-11-6-5-8(7-12(11)22(16,20)21)14(19)10-4-2-1-3-9(10)13(18)17-14;13-9-5-10(15-6-7-2-1-3-20-7)8(12(16)17)4-11(9)21(14,18)19/h1-7,19H,(H,17,18)(H2,16,20,21);1-5,15H,6H2,(H,16,17)(H2,14,18,19). The van der Waals surface area contributed by atoms with E-state index in [0.717, 1.165) is 12.1 Å². The molecule has 0 radical (unpaired) electrons. The number of hydrogen-bond acceptors (Lipinski definition) is 9. The van der Waals surface area contributed by atoms with Crippen LogP contribution in [0.4, 0.5) is 5.69 Å². The van der Waals surface area contributed by atoms with Gasteiger partial charge in [0.2, 0.25) is 20.0 Å². The van der Waals surface area contributed by atoms with E-state index in [1.807, 2.05) is 0 Å². The first-order valence-electron chi connectivity index (χ1n) is 11.9. The van der Waals surface area contributed by atoms with Gasteiger partial charge in [-0.05, 0) is 42.5 Å². The van der Waals surface area contributed by atoms with Crippen LogP contribution in [-0.4, -0.2) is 38.9 Å². The van der Waals surface area contributed by atoms with E-state index in [0.29, 0.717) is 16.9 Å². The molecule has 43 heavy (non-hydrogen) atoms. The predicted octanol–water partition coefficient (Wildman–Crippen LogP) is 2.81. The van der Waals surface area contributed by atoms with Crippen molar-refractivity contribution in [3.8, 4) is 0 Å². The molecule has 5 rings (SSSR count). The average Bonchev–Trinajstić information content (AvgIpc) is 3.53. The first-order chi connectivity index (χ1) is 20.0. The number of amides is 1. The van der Waals surface area contributed by atoms with Crippen molar-refractivity contribution in [1.82, 2.24) is 5.32 Å². The van der Waals surface area contributed by atoms with Gasteiger partial charge in [-0.25, -0.2) is 31.9 Å². The van der Waals surface area contributed by atoms with Gasteiger partial charge in [-0.3, -0.25) is 4.79 Å². The number of benzene rings is 3. The highest BCUT2D eigenvalue weighted by Crippen LogP contribution is 2.36. The number of carboxylic acid groups (broad SMARTS) is 1. The molecule has 0 saturated carbocycles. The van der Waals surface area contributed by atoms with Crippen LogP contribution < -0.4 is 20.9 Å². The van der Waals surface area contributed by atoms with Crippen LogP contribution in [0.25, 0.3) is 0 Å². The molecule has 1 amide bonds. The summed E-state index contributed by atoms with van der Waals surface area (Å²) in [5.41, 5.74) is -1.12. The molecule has 17 heteroatoms. The highest BCUT2D eigenvalue weighted by molar-refractivity contribution is 7.89. The molecule has 1 aliphatic rings. The molecule has 0 saturated heterocycles. The SMILES string of the molecule is NS(=O)(=O)c1cc(C(=O)O)c(NCc2ccco2)cc1Cl.NS(=O)(=O)c1cc(C2(O)NC(=O)c3ccccc32)ccc1Cl. The van der Waals surface area contributed by atoms with Gasteiger partial charge in [0, 0.05) is 16.7 Å². The molecule has 1 unspecified atom stereocenters. The van der Waals surface area contributed by atoms with Gasteiger partial charge in [-0.2, -0.15) is 0 Å². The van der Waals surface area contributed by atoms with E-state index in [1.54, 1.807) is 36.4 Å². The Morgan fingerprint density at radius 2 is 1.58 bits per heavy atom. The lowest BCUT2D eigenvalue weighted by Gasteiger charge is -2.25. The second kappa shape index (κ2) is 12.0. The molecular formula is C26H22Cl2N4O9S2. The molecule has 3 aromatic carbocycles. The summed E-state index contributed by atoms with van der Waals surface area (Å²) >= 11 is 11.7. The number of carbonyl (C=O) groups excluding carboxylic acids is 1. The van der Waals surface area contributed by atoms with E-state index in [1.165, 1.54) is 24.5 Å². The normalized spacial score (nSPS) is 16.1. The summed E-state index contributed by atoms with van der Waals surface area (Å²) in [6.07, 6.45) is 1.48. The number of aliphatic hydroxyl groups is 1. The van der Waals surface area contributed by atoms with Crippen LogP contribution in [0.15, 0.2) is 87.2 Å². The summed E-state index contributed by atoms with van der Waals surface area (Å²) in [5, 5.41) is 35.2. The molecule has 13 nitrogen and oxygen atoms in total. The van der Waals surface area contributed by atoms with Crippen LogP contribution in [0.3, 0.4) is 0 Å². The van der Waals surface area contributed by atoms with Gasteiger partial charge >= 0.3 is 5.97 Å². The zero-order valence-electron chi connectivity index (χ0n) is 21.6. The second-order valence-corrected chi connectivity index (χ2v) is 12.9. The monoisotopic (exact) mass is 668 g/mol. The first kappa shape index (κ1) is 32.0. The Hall–Kier alpha value is -3.96. The van der Waals surface area contributed by atoms with E-state index in [-0.39, 0.29) is 38.3 Å². The third kappa shape index (κ3) is 6.83. The summed E-state index contributed by atoms with van der Waals surface area (Å²) < 4.78 is 50.9. The number of hydrogen-bond donors (Lipinski definition) is 6. The molecule has 0 bridgehead atoms. The number of rotatable bonds is 7. The van der Waals surface area contributed by atoms with Crippen molar-refractivity contribution in [2.75, 3.05) is 5.32 Å². The van der Waals surface area contributed by atoms with Crippen LogP contribution in [0, 0.1) is 0 Å². The predicted molar refractivity (Wildman–Crippen MR) is 156 cm³/mol. The first-order valence-corrected chi connectivity index (χ1v) is 15.7. The van der Waals surface area contributed by atoms with Crippen molar-refractivity contribution in [2.24, 2.45) is 10.3 Å². The van der Waals surface area contributed by atoms with Crippen molar-refractivity contribution in [1.29, 1.82) is 0 Å². The Labute approximate surface area is 255 Å². The fraction of sp³-hybridized carbons (Fsp3) is 0.0769. The maximum absolute atomic E-state index is 12.0. The molecule has 4 aromatic rings. The van der Waals surface area contributed by atoms with Gasteiger partial charge in [0.15, 0.2) is 5.72 Å². The summed E-state index contributed by atoms with van der Waals surface area (Å²) in [5.74, 6) is -1.18. The molecule has 1 aromatic heterocycles. The number of nitrogens with one attached hydrogen (secondary N) is 2. The fourth-order valence-electron chi connectivity index (χ4n) is 4.16. The summed E-state index contributed by atoms with van der Waals surface area (Å²) in [4.78, 5) is 22.4. The highest BCUT2D eigenvalue weighted by atomic mass is 35.5. The largest absolute Gasteiger partial charge is 0.478 e. The van der Waals surface area contributed by atoms with Crippen LogP contribution in [-0.2, 0) is 32.3 Å². The average molecular weight is 670 g/mol.